The van der Waals surface area contributed by atoms with Gasteiger partial charge < -0.3 is 4.74 Å². The van der Waals surface area contributed by atoms with Crippen LogP contribution in [0.3, 0.4) is 0 Å². The highest BCUT2D eigenvalue weighted by Gasteiger charge is 2.11. The van der Waals surface area contributed by atoms with Gasteiger partial charge in [0.1, 0.15) is 0 Å². The van der Waals surface area contributed by atoms with Crippen molar-refractivity contribution in [1.82, 2.24) is 0 Å². The number of carbonyl (C=O) groups excluding carboxylic acids is 1. The minimum absolute atomic E-state index is 0.323. The third-order valence-corrected chi connectivity index (χ3v) is 5.53. The molecule has 27 heavy (non-hydrogen) atoms. The summed E-state index contributed by atoms with van der Waals surface area (Å²) in [6, 6.07) is 11.6. The molecule has 0 amide bonds. The number of ether oxygens (including phenoxy) is 1. The molecule has 0 saturated heterocycles. The first-order chi connectivity index (χ1) is 13.1. The molecule has 0 atom stereocenters. The van der Waals surface area contributed by atoms with E-state index >= 15 is 0 Å². The molecular formula is C23H25ClO2S. The monoisotopic (exact) mass is 400 g/mol. The highest BCUT2D eigenvalue weighted by molar-refractivity contribution is 7.99. The van der Waals surface area contributed by atoms with Crippen LogP contribution in [0.1, 0.15) is 60.7 Å². The first-order valence-corrected chi connectivity index (χ1v) is 10.7. The lowest BCUT2D eigenvalue weighted by atomic mass is 10.1. The van der Waals surface area contributed by atoms with Gasteiger partial charge in [0.25, 0.3) is 0 Å². The van der Waals surface area contributed by atoms with Gasteiger partial charge in [0, 0.05) is 16.0 Å². The van der Waals surface area contributed by atoms with Gasteiger partial charge in [0.2, 0.25) is 0 Å². The number of halogens is 1. The van der Waals surface area contributed by atoms with E-state index < -0.39 is 5.97 Å². The predicted octanol–water partition coefficient (Wildman–Crippen LogP) is 6.37. The number of hydrogen-bond acceptors (Lipinski definition) is 3. The zero-order valence-corrected chi connectivity index (χ0v) is 17.7. The van der Waals surface area contributed by atoms with Crippen LogP contribution in [0, 0.1) is 11.8 Å². The second-order valence-corrected chi connectivity index (χ2v) is 7.59. The number of esters is 1. The fraction of sp³-hybridized carbons (Fsp3) is 0.348. The van der Waals surface area contributed by atoms with Crippen LogP contribution in [-0.4, -0.2) is 18.3 Å². The van der Waals surface area contributed by atoms with Crippen molar-refractivity contribution >= 4 is 29.3 Å². The predicted molar refractivity (Wildman–Crippen MR) is 115 cm³/mol. The van der Waals surface area contributed by atoms with Crippen LogP contribution >= 0.6 is 23.4 Å². The lowest BCUT2D eigenvalue weighted by molar-refractivity contribution is 0.0526. The van der Waals surface area contributed by atoms with Gasteiger partial charge in [-0.3, -0.25) is 0 Å². The Morgan fingerprint density at radius 1 is 1.07 bits per heavy atom. The summed E-state index contributed by atoms with van der Waals surface area (Å²) >= 11 is 8.12. The van der Waals surface area contributed by atoms with E-state index in [-0.39, 0.29) is 0 Å². The minimum Gasteiger partial charge on any atom is -0.462 e. The second-order valence-electron chi connectivity index (χ2n) is 6.04. The summed E-state index contributed by atoms with van der Waals surface area (Å²) in [4.78, 5) is 13.2. The molecule has 0 aromatic heterocycles. The van der Waals surface area contributed by atoms with E-state index in [4.69, 9.17) is 16.3 Å². The molecular weight excluding hydrogens is 376 g/mol. The lowest BCUT2D eigenvalue weighted by Crippen LogP contribution is -2.05. The Hall–Kier alpha value is -1.89. The lowest BCUT2D eigenvalue weighted by Gasteiger charge is -2.07. The highest BCUT2D eigenvalue weighted by Crippen LogP contribution is 2.25. The molecule has 0 saturated carbocycles. The normalized spacial score (nSPS) is 10.2. The standard InChI is InChI=1S/C23H25ClO2S/c1-4-7-14-27-22-13-11-17(15-19(22)5-2)8-9-18-10-12-20(21(24)16-18)23(25)26-6-3/h10-13,15-16H,4-7,14H2,1-3H3. The molecule has 4 heteroatoms. The van der Waals surface area contributed by atoms with Crippen LogP contribution in [0.5, 0.6) is 0 Å². The van der Waals surface area contributed by atoms with Crippen molar-refractivity contribution in [3.05, 3.63) is 63.7 Å². The first-order valence-electron chi connectivity index (χ1n) is 9.33. The van der Waals surface area contributed by atoms with Crippen LogP contribution in [0.2, 0.25) is 5.02 Å². The maximum atomic E-state index is 11.8. The Bertz CT molecular complexity index is 849. The van der Waals surface area contributed by atoms with Gasteiger partial charge in [-0.05, 0) is 67.5 Å². The smallest absolute Gasteiger partial charge is 0.339 e. The Balaban J connectivity index is 2.17. The van der Waals surface area contributed by atoms with E-state index in [1.807, 2.05) is 11.8 Å². The zero-order chi connectivity index (χ0) is 19.6. The Morgan fingerprint density at radius 2 is 1.78 bits per heavy atom. The summed E-state index contributed by atoms with van der Waals surface area (Å²) in [6.07, 6.45) is 3.44. The first kappa shape index (κ1) is 21.4. The van der Waals surface area contributed by atoms with Crippen molar-refractivity contribution in [2.75, 3.05) is 12.4 Å². The second kappa shape index (κ2) is 11.1. The molecule has 0 aliphatic heterocycles. The molecule has 0 radical (unpaired) electrons. The molecule has 2 aromatic carbocycles. The summed E-state index contributed by atoms with van der Waals surface area (Å²) in [5.74, 6) is 7.07. The van der Waals surface area contributed by atoms with Gasteiger partial charge in [-0.1, -0.05) is 43.7 Å². The highest BCUT2D eigenvalue weighted by atomic mass is 35.5. The van der Waals surface area contributed by atoms with Crippen LogP contribution in [-0.2, 0) is 11.2 Å². The number of benzene rings is 2. The van der Waals surface area contributed by atoms with Gasteiger partial charge in [0.15, 0.2) is 0 Å². The third-order valence-electron chi connectivity index (χ3n) is 4.01. The van der Waals surface area contributed by atoms with E-state index in [1.54, 1.807) is 25.1 Å². The summed E-state index contributed by atoms with van der Waals surface area (Å²) < 4.78 is 4.99. The summed E-state index contributed by atoms with van der Waals surface area (Å²) in [5, 5.41) is 0.358. The largest absolute Gasteiger partial charge is 0.462 e. The van der Waals surface area contributed by atoms with Crippen LogP contribution < -0.4 is 0 Å². The molecule has 2 rings (SSSR count). The van der Waals surface area contributed by atoms with Gasteiger partial charge in [-0.2, -0.15) is 0 Å². The average Bonchev–Trinajstić information content (AvgIpc) is 2.67. The Kier molecular flexibility index (Phi) is 8.78. The molecule has 0 aliphatic carbocycles. The van der Waals surface area contributed by atoms with E-state index in [0.29, 0.717) is 17.2 Å². The number of thioether (sulfide) groups is 1. The Labute approximate surface area is 171 Å². The van der Waals surface area contributed by atoms with E-state index in [0.717, 1.165) is 23.3 Å². The van der Waals surface area contributed by atoms with Gasteiger partial charge in [-0.15, -0.1) is 11.8 Å². The molecule has 0 fully saturated rings. The summed E-state index contributed by atoms with van der Waals surface area (Å²) in [5.41, 5.74) is 3.45. The minimum atomic E-state index is -0.411. The summed E-state index contributed by atoms with van der Waals surface area (Å²) in [6.45, 7) is 6.48. The van der Waals surface area contributed by atoms with Crippen molar-refractivity contribution in [3.8, 4) is 11.8 Å². The third kappa shape index (κ3) is 6.34. The van der Waals surface area contributed by atoms with Crippen LogP contribution in [0.15, 0.2) is 41.3 Å². The van der Waals surface area contributed by atoms with Crippen molar-refractivity contribution in [1.29, 1.82) is 0 Å². The number of unbranched alkanes of at least 4 members (excludes halogenated alkanes) is 1. The maximum absolute atomic E-state index is 11.8. The topological polar surface area (TPSA) is 26.3 Å². The maximum Gasteiger partial charge on any atom is 0.339 e. The molecule has 0 N–H and O–H groups in total. The quantitative estimate of drug-likeness (QED) is 0.234. The molecule has 142 valence electrons. The SMILES string of the molecule is CCCCSc1ccc(C#Cc2ccc(C(=O)OCC)c(Cl)c2)cc1CC. The van der Waals surface area contributed by atoms with Crippen LogP contribution in [0.25, 0.3) is 0 Å². The Morgan fingerprint density at radius 3 is 2.41 bits per heavy atom. The van der Waals surface area contributed by atoms with Crippen molar-refractivity contribution in [2.45, 2.75) is 44.9 Å². The van der Waals surface area contributed by atoms with Gasteiger partial charge >= 0.3 is 5.97 Å². The van der Waals surface area contributed by atoms with E-state index in [2.05, 4.69) is 43.9 Å². The molecule has 0 bridgehead atoms. The molecule has 0 heterocycles. The van der Waals surface area contributed by atoms with Crippen molar-refractivity contribution in [2.24, 2.45) is 0 Å². The average molecular weight is 401 g/mol. The molecule has 0 spiro atoms. The molecule has 0 unspecified atom stereocenters. The van der Waals surface area contributed by atoms with Gasteiger partial charge in [0.05, 0.1) is 17.2 Å². The van der Waals surface area contributed by atoms with Gasteiger partial charge in [-0.25, -0.2) is 4.79 Å². The van der Waals surface area contributed by atoms with Crippen molar-refractivity contribution in [3.63, 3.8) is 0 Å². The van der Waals surface area contributed by atoms with Crippen molar-refractivity contribution < 1.29 is 9.53 Å². The molecule has 2 nitrogen and oxygen atoms in total. The van der Waals surface area contributed by atoms with Crippen LogP contribution in [0.4, 0.5) is 0 Å². The van der Waals surface area contributed by atoms with E-state index in [1.165, 1.54) is 23.3 Å². The number of carbonyl (C=O) groups is 1. The fourth-order valence-corrected chi connectivity index (χ4v) is 3.98. The summed E-state index contributed by atoms with van der Waals surface area (Å²) in [7, 11) is 0. The number of aryl methyl sites for hydroxylation is 1. The number of hydrogen-bond donors (Lipinski definition) is 0. The zero-order valence-electron chi connectivity index (χ0n) is 16.1. The molecule has 0 aliphatic rings. The molecule has 2 aromatic rings. The number of rotatable bonds is 7. The fourth-order valence-electron chi connectivity index (χ4n) is 2.51. The van der Waals surface area contributed by atoms with E-state index in [9.17, 15) is 4.79 Å².